The Hall–Kier alpha value is -2.48. The number of carbonyl (C=O) groups excluding carboxylic acids is 2. The maximum Gasteiger partial charge on any atom is 0.338 e. The molecule has 1 saturated heterocycles. The molecule has 168 valence electrons. The third-order valence-electron chi connectivity index (χ3n) is 5.16. The third-order valence-corrected chi connectivity index (χ3v) is 6.11. The van der Waals surface area contributed by atoms with Gasteiger partial charge in [0.2, 0.25) is 5.91 Å². The van der Waals surface area contributed by atoms with E-state index in [9.17, 15) is 9.59 Å². The van der Waals surface area contributed by atoms with Gasteiger partial charge in [0.1, 0.15) is 0 Å². The van der Waals surface area contributed by atoms with Crippen LogP contribution in [-0.2, 0) is 14.3 Å². The zero-order chi connectivity index (χ0) is 22.5. The molecule has 1 atom stereocenters. The van der Waals surface area contributed by atoms with Crippen LogP contribution >= 0.6 is 11.8 Å². The van der Waals surface area contributed by atoms with E-state index < -0.39 is 12.0 Å². The molecular weight excluding hydrogens is 416 g/mol. The number of rotatable bonds is 8. The summed E-state index contributed by atoms with van der Waals surface area (Å²) in [6, 6.07) is 4.92. The van der Waals surface area contributed by atoms with Crippen LogP contribution in [0.2, 0.25) is 0 Å². The van der Waals surface area contributed by atoms with Crippen LogP contribution in [0, 0.1) is 5.92 Å². The van der Waals surface area contributed by atoms with Crippen LogP contribution in [0.25, 0.3) is 0 Å². The molecule has 2 heterocycles. The highest BCUT2D eigenvalue weighted by Gasteiger charge is 2.41. The molecule has 0 N–H and O–H groups in total. The highest BCUT2D eigenvalue weighted by atomic mass is 32.2. The molecule has 7 nitrogen and oxygen atoms in total. The molecule has 0 bridgehead atoms. The van der Waals surface area contributed by atoms with Crippen LogP contribution in [0.4, 0.5) is 0 Å². The van der Waals surface area contributed by atoms with E-state index in [-0.39, 0.29) is 12.5 Å². The number of aliphatic imine (C=N–C) groups is 1. The van der Waals surface area contributed by atoms with Crippen molar-refractivity contribution in [3.05, 3.63) is 35.0 Å². The van der Waals surface area contributed by atoms with Gasteiger partial charge in [0.05, 0.1) is 37.6 Å². The maximum atomic E-state index is 12.9. The lowest BCUT2D eigenvalue weighted by Crippen LogP contribution is -2.45. The summed E-state index contributed by atoms with van der Waals surface area (Å²) >= 11 is 1.52. The average molecular weight is 447 g/mol. The molecule has 0 unspecified atom stereocenters. The van der Waals surface area contributed by atoms with Gasteiger partial charge in [-0.05, 0) is 43.9 Å². The molecule has 0 spiro atoms. The summed E-state index contributed by atoms with van der Waals surface area (Å²) in [6.07, 6.45) is 1.32. The van der Waals surface area contributed by atoms with Gasteiger partial charge < -0.3 is 14.2 Å². The van der Waals surface area contributed by atoms with Crippen molar-refractivity contribution >= 4 is 28.8 Å². The molecule has 0 radical (unpaired) electrons. The Morgan fingerprint density at radius 3 is 2.77 bits per heavy atom. The number of hydrogen-bond acceptors (Lipinski definition) is 7. The molecule has 0 aliphatic carbocycles. The fourth-order valence-electron chi connectivity index (χ4n) is 3.56. The minimum absolute atomic E-state index is 0.0620. The molecular formula is C23H30N2O5S. The van der Waals surface area contributed by atoms with Crippen LogP contribution in [0.5, 0.6) is 11.5 Å². The van der Waals surface area contributed by atoms with E-state index in [1.165, 1.54) is 11.8 Å². The van der Waals surface area contributed by atoms with Crippen LogP contribution < -0.4 is 9.47 Å². The van der Waals surface area contributed by atoms with Gasteiger partial charge in [-0.25, -0.2) is 9.79 Å². The number of hydrogen-bond donors (Lipinski definition) is 0. The third kappa shape index (κ3) is 5.06. The zero-order valence-electron chi connectivity index (χ0n) is 18.8. The van der Waals surface area contributed by atoms with Crippen molar-refractivity contribution < 1.29 is 23.8 Å². The highest BCUT2D eigenvalue weighted by Crippen LogP contribution is 2.42. The molecule has 1 aromatic rings. The number of nitrogens with zero attached hydrogens (tertiary/aromatic N) is 2. The zero-order valence-corrected chi connectivity index (χ0v) is 19.6. The first kappa shape index (κ1) is 23.2. The Morgan fingerprint density at radius 1 is 1.32 bits per heavy atom. The number of thioether (sulfide) groups is 1. The summed E-state index contributed by atoms with van der Waals surface area (Å²) in [6.45, 7) is 8.66. The summed E-state index contributed by atoms with van der Waals surface area (Å²) < 4.78 is 16.8. The Bertz CT molecular complexity index is 909. The van der Waals surface area contributed by atoms with E-state index >= 15 is 0 Å². The largest absolute Gasteiger partial charge is 0.493 e. The average Bonchev–Trinajstić information content (AvgIpc) is 2.73. The molecule has 0 saturated carbocycles. The maximum absolute atomic E-state index is 12.9. The van der Waals surface area contributed by atoms with Gasteiger partial charge in [-0.15, -0.1) is 0 Å². The van der Waals surface area contributed by atoms with E-state index in [4.69, 9.17) is 14.2 Å². The second-order valence-corrected chi connectivity index (χ2v) is 8.88. The molecule has 1 fully saturated rings. The minimum Gasteiger partial charge on any atom is -0.493 e. The van der Waals surface area contributed by atoms with Gasteiger partial charge in [-0.3, -0.25) is 9.69 Å². The SMILES string of the molecule is CCOC(=O)C1=C(C)N=C2SCCC(=O)N2[C@@H]1c1ccc(OCCC(C)C)c(OC)c1. The molecule has 0 aromatic heterocycles. The van der Waals surface area contributed by atoms with Gasteiger partial charge in [0.25, 0.3) is 0 Å². The van der Waals surface area contributed by atoms with Crippen molar-refractivity contribution in [2.75, 3.05) is 26.1 Å². The standard InChI is InChI=1S/C23H30N2O5S/c1-6-29-22(27)20-15(4)24-23-25(19(26)10-12-31-23)21(20)16-7-8-17(18(13-16)28-5)30-11-9-14(2)3/h7-8,13-14,21H,6,9-12H2,1-5H3/t21-/m1/s1. The van der Waals surface area contributed by atoms with Gasteiger partial charge in [-0.2, -0.15) is 0 Å². The molecule has 31 heavy (non-hydrogen) atoms. The predicted molar refractivity (Wildman–Crippen MR) is 121 cm³/mol. The molecule has 1 amide bonds. The van der Waals surface area contributed by atoms with Crippen molar-refractivity contribution in [3.8, 4) is 11.5 Å². The van der Waals surface area contributed by atoms with Crippen molar-refractivity contribution in [3.63, 3.8) is 0 Å². The summed E-state index contributed by atoms with van der Waals surface area (Å²) in [7, 11) is 1.58. The number of allylic oxidation sites excluding steroid dienone is 1. The van der Waals surface area contributed by atoms with E-state index in [2.05, 4.69) is 18.8 Å². The van der Waals surface area contributed by atoms with Crippen LogP contribution in [-0.4, -0.2) is 48.0 Å². The fraction of sp³-hybridized carbons (Fsp3) is 0.522. The number of carbonyl (C=O) groups is 2. The Kier molecular flexibility index (Phi) is 7.64. The smallest absolute Gasteiger partial charge is 0.338 e. The minimum atomic E-state index is -0.620. The summed E-state index contributed by atoms with van der Waals surface area (Å²) in [5.74, 6) is 1.88. The molecule has 2 aliphatic rings. The second kappa shape index (κ2) is 10.2. The quantitative estimate of drug-likeness (QED) is 0.553. The topological polar surface area (TPSA) is 77.4 Å². The number of amidine groups is 1. The van der Waals surface area contributed by atoms with Gasteiger partial charge >= 0.3 is 5.97 Å². The first-order chi connectivity index (χ1) is 14.9. The van der Waals surface area contributed by atoms with E-state index in [1.54, 1.807) is 25.9 Å². The summed E-state index contributed by atoms with van der Waals surface area (Å²) in [5, 5.41) is 0.614. The Labute approximate surface area is 187 Å². The highest BCUT2D eigenvalue weighted by molar-refractivity contribution is 8.14. The van der Waals surface area contributed by atoms with Crippen molar-refractivity contribution in [2.24, 2.45) is 10.9 Å². The van der Waals surface area contributed by atoms with E-state index in [1.807, 2.05) is 18.2 Å². The number of benzene rings is 1. The number of fused-ring (bicyclic) bond motifs is 1. The number of methoxy groups -OCH3 is 1. The first-order valence-electron chi connectivity index (χ1n) is 10.6. The number of amides is 1. The Morgan fingerprint density at radius 2 is 2.10 bits per heavy atom. The van der Waals surface area contributed by atoms with Crippen LogP contribution in [0.1, 0.15) is 52.1 Å². The monoisotopic (exact) mass is 446 g/mol. The molecule has 1 aromatic carbocycles. The van der Waals surface area contributed by atoms with Crippen LogP contribution in [0.15, 0.2) is 34.5 Å². The van der Waals surface area contributed by atoms with Gasteiger partial charge in [0.15, 0.2) is 16.7 Å². The van der Waals surface area contributed by atoms with Crippen LogP contribution in [0.3, 0.4) is 0 Å². The summed E-state index contributed by atoms with van der Waals surface area (Å²) in [5.41, 5.74) is 1.68. The molecule has 8 heteroatoms. The van der Waals surface area contributed by atoms with Crippen molar-refractivity contribution in [1.82, 2.24) is 4.90 Å². The predicted octanol–water partition coefficient (Wildman–Crippen LogP) is 4.33. The number of esters is 1. The van der Waals surface area contributed by atoms with Crippen molar-refractivity contribution in [2.45, 2.75) is 46.6 Å². The van der Waals surface area contributed by atoms with Crippen molar-refractivity contribution in [1.29, 1.82) is 0 Å². The normalized spacial score (nSPS) is 18.6. The lowest BCUT2D eigenvalue weighted by molar-refractivity contribution is -0.139. The first-order valence-corrected chi connectivity index (χ1v) is 11.6. The summed E-state index contributed by atoms with van der Waals surface area (Å²) in [4.78, 5) is 31.9. The molecule has 3 rings (SSSR count). The Balaban J connectivity index is 2.03. The van der Waals surface area contributed by atoms with E-state index in [0.29, 0.717) is 52.6 Å². The lowest BCUT2D eigenvalue weighted by Gasteiger charge is -2.39. The van der Waals surface area contributed by atoms with Gasteiger partial charge in [0, 0.05) is 12.2 Å². The molecule has 2 aliphatic heterocycles. The van der Waals surface area contributed by atoms with Gasteiger partial charge in [-0.1, -0.05) is 31.7 Å². The lowest BCUT2D eigenvalue weighted by atomic mass is 9.94. The fourth-order valence-corrected chi connectivity index (χ4v) is 4.57. The van der Waals surface area contributed by atoms with E-state index in [0.717, 1.165) is 12.0 Å². The second-order valence-electron chi connectivity index (χ2n) is 7.82. The number of ether oxygens (including phenoxy) is 3.